The molecule has 9 aliphatic rings. The highest BCUT2D eigenvalue weighted by atomic mass is 16.8. The first-order chi connectivity index (χ1) is 35.0. The molecule has 9 rings (SSSR count). The molecule has 8 fully saturated rings. The summed E-state index contributed by atoms with van der Waals surface area (Å²) in [5.41, 5.74) is -0.796. The van der Waals surface area contributed by atoms with Crippen molar-refractivity contribution in [3.05, 3.63) is 11.6 Å². The summed E-state index contributed by atoms with van der Waals surface area (Å²) in [5.74, 6) is -1.46. The van der Waals surface area contributed by atoms with E-state index in [1.807, 2.05) is 6.92 Å². The number of rotatable bonds is 11. The number of carboxylic acid groups (broad SMARTS) is 1. The first-order valence-corrected chi connectivity index (χ1v) is 27.2. The predicted octanol–water partition coefficient (Wildman–Crippen LogP) is -0.832. The highest BCUT2D eigenvalue weighted by Crippen LogP contribution is 2.76. The molecule has 4 saturated heterocycles. The van der Waals surface area contributed by atoms with Crippen molar-refractivity contribution in [2.75, 3.05) is 19.8 Å². The molecule has 4 aliphatic heterocycles. The van der Waals surface area contributed by atoms with Gasteiger partial charge in [0.1, 0.15) is 79.4 Å². The summed E-state index contributed by atoms with van der Waals surface area (Å²) in [6.07, 6.45) is -23.4. The summed E-state index contributed by atoms with van der Waals surface area (Å²) in [6.45, 7) is 15.9. The first kappa shape index (κ1) is 58.1. The lowest BCUT2D eigenvalue weighted by atomic mass is 9.33. The van der Waals surface area contributed by atoms with E-state index in [9.17, 15) is 71.2 Å². The maximum atomic E-state index is 12.5. The quantitative estimate of drug-likeness (QED) is 0.0887. The Hall–Kier alpha value is -1.59. The fraction of sp³-hybridized carbons (Fsp3) is 0.943. The van der Waals surface area contributed by atoms with Gasteiger partial charge in [-0.2, -0.15) is 0 Å². The zero-order valence-corrected chi connectivity index (χ0v) is 44.4. The van der Waals surface area contributed by atoms with Crippen LogP contribution in [0.3, 0.4) is 0 Å². The summed E-state index contributed by atoms with van der Waals surface area (Å²) in [4.78, 5) is 12.5. The van der Waals surface area contributed by atoms with E-state index >= 15 is 0 Å². The molecule has 5 aliphatic carbocycles. The Morgan fingerprint density at radius 3 is 1.89 bits per heavy atom. The molecule has 0 aromatic rings. The lowest BCUT2D eigenvalue weighted by Crippen LogP contribution is -2.68. The van der Waals surface area contributed by atoms with Crippen molar-refractivity contribution in [3.8, 4) is 0 Å². The fourth-order valence-electron chi connectivity index (χ4n) is 16.3. The Bertz CT molecular complexity index is 2080. The van der Waals surface area contributed by atoms with Crippen molar-refractivity contribution in [2.24, 2.45) is 50.2 Å². The average molecular weight is 1080 g/mol. The minimum absolute atomic E-state index is 0.140. The molecule has 0 spiro atoms. The largest absolute Gasteiger partial charge is 0.479 e. The molecule has 0 aromatic carbocycles. The molecule has 0 amide bonds. The van der Waals surface area contributed by atoms with Crippen LogP contribution in [0.5, 0.6) is 0 Å². The van der Waals surface area contributed by atoms with Gasteiger partial charge in [-0.1, -0.05) is 60.1 Å². The standard InChI is InChI=1S/C53H86O22/c1-22-31(57)34(60)39(65)45(69-22)72-30-18-48(2,3)17-24-23-9-10-28-50(5)13-12-29(51(6,21-55)27(50)11-14-53(28,8)52(23,7)16-15-49(24,30)4)71-47-42(37(63)36(62)40(73-47)43(66)67)75-46-41(35(61)33(59)26(19-54)70-46)74-44-38(64)32(58)25(56)20-68-44/h9,22,24-42,44-47,54-65H,10-21H2,1-8H3,(H,66,67). The minimum atomic E-state index is -2.09. The third-order valence-electron chi connectivity index (χ3n) is 21.2. The lowest BCUT2D eigenvalue weighted by molar-refractivity contribution is -0.393. The van der Waals surface area contributed by atoms with E-state index in [0.717, 1.165) is 38.5 Å². The summed E-state index contributed by atoms with van der Waals surface area (Å²) in [7, 11) is 0. The van der Waals surface area contributed by atoms with Gasteiger partial charge in [-0.05, 0) is 104 Å². The third kappa shape index (κ3) is 9.40. The van der Waals surface area contributed by atoms with Gasteiger partial charge >= 0.3 is 5.97 Å². The van der Waals surface area contributed by atoms with Gasteiger partial charge in [0, 0.05) is 10.8 Å². The van der Waals surface area contributed by atoms with Crippen LogP contribution in [0.1, 0.15) is 113 Å². The van der Waals surface area contributed by atoms with E-state index < -0.39 is 147 Å². The molecule has 0 aromatic heterocycles. The molecular formula is C53H86O22. The number of ether oxygens (including phenoxy) is 8. The van der Waals surface area contributed by atoms with E-state index in [1.165, 1.54) is 5.57 Å². The lowest BCUT2D eigenvalue weighted by Gasteiger charge is -2.72. The van der Waals surface area contributed by atoms with Crippen LogP contribution in [-0.4, -0.2) is 221 Å². The molecule has 75 heavy (non-hydrogen) atoms. The van der Waals surface area contributed by atoms with E-state index in [1.54, 1.807) is 6.92 Å². The van der Waals surface area contributed by atoms with E-state index in [4.69, 9.17) is 37.9 Å². The van der Waals surface area contributed by atoms with Crippen LogP contribution >= 0.6 is 0 Å². The minimum Gasteiger partial charge on any atom is -0.479 e. The Morgan fingerprint density at radius 2 is 1.24 bits per heavy atom. The van der Waals surface area contributed by atoms with Crippen molar-refractivity contribution in [2.45, 2.75) is 242 Å². The summed E-state index contributed by atoms with van der Waals surface area (Å²) in [5, 5.41) is 140. The van der Waals surface area contributed by atoms with Gasteiger partial charge in [-0.15, -0.1) is 0 Å². The molecule has 4 heterocycles. The zero-order valence-electron chi connectivity index (χ0n) is 44.4. The van der Waals surface area contributed by atoms with Gasteiger partial charge < -0.3 is 104 Å². The number of fused-ring (bicyclic) bond motifs is 7. The van der Waals surface area contributed by atoms with Crippen LogP contribution in [0.25, 0.3) is 0 Å². The van der Waals surface area contributed by atoms with Crippen LogP contribution in [0.15, 0.2) is 11.6 Å². The van der Waals surface area contributed by atoms with Crippen molar-refractivity contribution in [3.63, 3.8) is 0 Å². The molecule has 22 heteroatoms. The second-order valence-corrected chi connectivity index (χ2v) is 26.0. The van der Waals surface area contributed by atoms with Crippen molar-refractivity contribution >= 4 is 5.97 Å². The van der Waals surface area contributed by atoms with Gasteiger partial charge in [-0.3, -0.25) is 0 Å². The van der Waals surface area contributed by atoms with Crippen LogP contribution in [0.2, 0.25) is 0 Å². The van der Waals surface area contributed by atoms with Crippen LogP contribution < -0.4 is 0 Å². The number of carboxylic acids is 1. The monoisotopic (exact) mass is 1070 g/mol. The van der Waals surface area contributed by atoms with Gasteiger partial charge in [-0.25, -0.2) is 4.79 Å². The van der Waals surface area contributed by atoms with Crippen molar-refractivity contribution < 1.29 is 109 Å². The Kier molecular flexibility index (Phi) is 16.1. The number of hydrogen-bond acceptors (Lipinski definition) is 21. The normalized spacial score (nSPS) is 55.9. The molecule has 0 bridgehead atoms. The van der Waals surface area contributed by atoms with Gasteiger partial charge in [0.25, 0.3) is 0 Å². The Balaban J connectivity index is 0.977. The second kappa shape index (κ2) is 20.7. The van der Waals surface area contributed by atoms with Crippen molar-refractivity contribution in [1.82, 2.24) is 0 Å². The Labute approximate surface area is 437 Å². The topological polar surface area (TPSA) is 354 Å². The predicted molar refractivity (Wildman–Crippen MR) is 257 cm³/mol. The van der Waals surface area contributed by atoms with Crippen molar-refractivity contribution in [1.29, 1.82) is 0 Å². The van der Waals surface area contributed by atoms with Crippen LogP contribution in [0.4, 0.5) is 0 Å². The summed E-state index contributed by atoms with van der Waals surface area (Å²) < 4.78 is 48.7. The third-order valence-corrected chi connectivity index (χ3v) is 21.2. The van der Waals surface area contributed by atoms with Gasteiger partial charge in [0.15, 0.2) is 31.3 Å². The smallest absolute Gasteiger partial charge is 0.335 e. The molecule has 13 N–H and O–H groups in total. The van der Waals surface area contributed by atoms with Crippen LogP contribution in [-0.2, 0) is 42.7 Å². The number of carbonyl (C=O) groups is 1. The summed E-state index contributed by atoms with van der Waals surface area (Å²) in [6, 6.07) is 0. The maximum absolute atomic E-state index is 12.5. The number of hydrogen-bond donors (Lipinski definition) is 13. The van der Waals surface area contributed by atoms with Crippen LogP contribution in [0, 0.1) is 50.2 Å². The highest BCUT2D eigenvalue weighted by molar-refractivity contribution is 5.73. The SMILES string of the molecule is CC1OC(OC2CC(C)(C)CC3C4=CCC5C6(C)CCC(OC7OC(C(=O)O)C(O)C(O)C7OC7OC(CO)C(O)C(O)C7OC7OCC(O)C(O)C7O)C(C)(CO)C6CCC5(C)C4(C)CCC23C)C(O)C(O)C1O. The second-order valence-electron chi connectivity index (χ2n) is 26.0. The molecule has 29 atom stereocenters. The fourth-order valence-corrected chi connectivity index (χ4v) is 16.3. The van der Waals surface area contributed by atoms with Gasteiger partial charge in [0.05, 0.1) is 38.1 Å². The average Bonchev–Trinajstić information content (AvgIpc) is 3.35. The molecular weight excluding hydrogens is 989 g/mol. The molecule has 22 nitrogen and oxygen atoms in total. The number of aliphatic hydroxyl groups is 12. The molecule has 4 saturated carbocycles. The number of allylic oxidation sites excluding steroid dienone is 2. The maximum Gasteiger partial charge on any atom is 0.335 e. The number of aliphatic hydroxyl groups excluding tert-OH is 12. The van der Waals surface area contributed by atoms with E-state index in [0.29, 0.717) is 19.3 Å². The summed E-state index contributed by atoms with van der Waals surface area (Å²) >= 11 is 0. The molecule has 430 valence electrons. The zero-order chi connectivity index (χ0) is 54.9. The highest BCUT2D eigenvalue weighted by Gasteiger charge is 2.70. The van der Waals surface area contributed by atoms with E-state index in [-0.39, 0.29) is 57.5 Å². The van der Waals surface area contributed by atoms with Gasteiger partial charge in [0.2, 0.25) is 0 Å². The molecule has 0 radical (unpaired) electrons. The van der Waals surface area contributed by atoms with E-state index in [2.05, 4.69) is 47.6 Å². The molecule has 29 unspecified atom stereocenters. The first-order valence-electron chi connectivity index (χ1n) is 27.2. The number of aliphatic carboxylic acids is 1. The Morgan fingerprint density at radius 1 is 0.613 bits per heavy atom.